The van der Waals surface area contributed by atoms with Gasteiger partial charge < -0.3 is 25.0 Å². The van der Waals surface area contributed by atoms with E-state index in [0.717, 1.165) is 22.9 Å². The zero-order valence-electron chi connectivity index (χ0n) is 20.1. The van der Waals surface area contributed by atoms with Crippen LogP contribution in [0, 0.1) is 0 Å². The number of nitrogens with one attached hydrogen (secondary N) is 2. The van der Waals surface area contributed by atoms with Crippen LogP contribution in [0.4, 0.5) is 17.3 Å². The molecule has 36 heavy (non-hydrogen) atoms. The third kappa shape index (κ3) is 4.37. The van der Waals surface area contributed by atoms with Crippen LogP contribution in [0.5, 0.6) is 0 Å². The van der Waals surface area contributed by atoms with Gasteiger partial charge >= 0.3 is 0 Å². The van der Waals surface area contributed by atoms with E-state index in [2.05, 4.69) is 23.7 Å². The van der Waals surface area contributed by atoms with Crippen LogP contribution in [0.1, 0.15) is 44.4 Å². The van der Waals surface area contributed by atoms with Crippen molar-refractivity contribution >= 4 is 52.0 Å². The number of allylic oxidation sites excluding steroid dienone is 1. The summed E-state index contributed by atoms with van der Waals surface area (Å²) in [6.45, 7) is 5.74. The summed E-state index contributed by atoms with van der Waals surface area (Å²) in [5, 5.41) is 27.5. The molecule has 10 nitrogen and oxygen atoms in total. The number of anilines is 3. The molecule has 2 aliphatic heterocycles. The third-order valence-electron chi connectivity index (χ3n) is 6.81. The summed E-state index contributed by atoms with van der Waals surface area (Å²) in [5.41, 5.74) is 7.04. The largest absolute Gasteiger partial charge is 0.388 e. The number of aliphatic hydroxyl groups is 2. The third-order valence-corrected chi connectivity index (χ3v) is 9.21. The number of thiophene rings is 1. The zero-order chi connectivity index (χ0) is 25.2. The van der Waals surface area contributed by atoms with Gasteiger partial charge in [0.1, 0.15) is 30.5 Å². The molecule has 4 aliphatic rings. The summed E-state index contributed by atoms with van der Waals surface area (Å²) in [7, 11) is 0. The minimum atomic E-state index is -1.06. The van der Waals surface area contributed by atoms with Crippen LogP contribution in [-0.4, -0.2) is 62.2 Å². The van der Waals surface area contributed by atoms with Gasteiger partial charge in [0.25, 0.3) is 0 Å². The van der Waals surface area contributed by atoms with Gasteiger partial charge in [-0.1, -0.05) is 30.3 Å². The molecule has 2 aliphatic carbocycles. The van der Waals surface area contributed by atoms with Crippen LogP contribution in [0.2, 0.25) is 4.34 Å². The number of halogens is 1. The maximum Gasteiger partial charge on any atom is 0.214 e. The Bertz CT molecular complexity index is 1200. The quantitative estimate of drug-likeness (QED) is 0.198. The van der Waals surface area contributed by atoms with Gasteiger partial charge in [-0.15, -0.1) is 16.9 Å². The smallest absolute Gasteiger partial charge is 0.214 e. The van der Waals surface area contributed by atoms with Gasteiger partial charge in [0, 0.05) is 22.7 Å². The van der Waals surface area contributed by atoms with Crippen molar-refractivity contribution in [2.45, 2.75) is 80.9 Å². The van der Waals surface area contributed by atoms with Crippen LogP contribution in [0.15, 0.2) is 29.1 Å². The van der Waals surface area contributed by atoms with Crippen molar-refractivity contribution in [3.63, 3.8) is 0 Å². The standard InChI is InChI=1S/C23H29ClN6O4S2/c1-4-7-35-22-26-20(25-9-10-8-11(10)12-5-6-13(24)36-12)14-21(27-22)30(29-28-14)15-16(31)17(32)19-18(15)33-23(2,3)34-19/h5-6,9,11,15-19,28-29,31-32H,4,7-8H2,1-3H3,(H,25,26,27)/p+1/t11-,15-,16+,17?,18+,19-/m1/s1. The molecule has 0 aromatic carbocycles. The Kier molecular flexibility index (Phi) is 6.36. The Balaban J connectivity index is 1.29. The molecule has 6 N–H and O–H groups in total. The van der Waals surface area contributed by atoms with Crippen molar-refractivity contribution in [1.29, 1.82) is 0 Å². The van der Waals surface area contributed by atoms with E-state index in [1.165, 1.54) is 10.5 Å². The second kappa shape index (κ2) is 9.28. The molecular weight excluding hydrogens is 524 g/mol. The molecule has 13 heteroatoms. The van der Waals surface area contributed by atoms with E-state index in [0.29, 0.717) is 28.4 Å². The average molecular weight is 554 g/mol. The lowest BCUT2D eigenvalue weighted by Crippen LogP contribution is -2.98. The molecule has 0 bridgehead atoms. The Hall–Kier alpha value is -1.64. The summed E-state index contributed by atoms with van der Waals surface area (Å²) in [6, 6.07) is 3.45. The highest BCUT2D eigenvalue weighted by molar-refractivity contribution is 7.99. The van der Waals surface area contributed by atoms with E-state index in [-0.39, 0.29) is 0 Å². The highest BCUT2D eigenvalue weighted by Crippen LogP contribution is 2.50. The number of quaternary nitrogens is 1. The second-order valence-electron chi connectivity index (χ2n) is 9.88. The van der Waals surface area contributed by atoms with Crippen LogP contribution in [-0.2, 0) is 9.47 Å². The van der Waals surface area contributed by atoms with E-state index in [4.69, 9.17) is 31.0 Å². The average Bonchev–Trinajstić information content (AvgIpc) is 3.06. The number of fused-ring (bicyclic) bond motifs is 2. The van der Waals surface area contributed by atoms with Crippen LogP contribution < -0.4 is 21.3 Å². The van der Waals surface area contributed by atoms with Crippen molar-refractivity contribution < 1.29 is 25.2 Å². The predicted octanol–water partition coefficient (Wildman–Crippen LogP) is 2.43. The number of nitrogen functional groups attached to an aromatic ring is 1. The molecule has 0 radical (unpaired) electrons. The van der Waals surface area contributed by atoms with E-state index in [1.807, 2.05) is 31.1 Å². The molecule has 1 unspecified atom stereocenters. The number of nitrogens with zero attached hydrogens (tertiary/aromatic N) is 3. The highest BCUT2D eigenvalue weighted by Gasteiger charge is 2.62. The summed E-state index contributed by atoms with van der Waals surface area (Å²) in [6.07, 6.45) is 0.740. The second-order valence-corrected chi connectivity index (χ2v) is 12.7. The Morgan fingerprint density at radius 3 is 2.86 bits per heavy atom. The molecule has 2 saturated carbocycles. The fourth-order valence-corrected chi connectivity index (χ4v) is 6.99. The predicted molar refractivity (Wildman–Crippen MR) is 139 cm³/mol. The Morgan fingerprint density at radius 1 is 1.31 bits per heavy atom. The van der Waals surface area contributed by atoms with Gasteiger partial charge in [-0.05, 0) is 44.4 Å². The van der Waals surface area contributed by atoms with Crippen molar-refractivity contribution in [3.05, 3.63) is 33.1 Å². The van der Waals surface area contributed by atoms with Gasteiger partial charge in [-0.3, -0.25) is 0 Å². The molecule has 6 atom stereocenters. The Labute approximate surface area is 222 Å². The Morgan fingerprint density at radius 2 is 2.11 bits per heavy atom. The molecule has 3 fully saturated rings. The monoisotopic (exact) mass is 553 g/mol. The number of aromatic nitrogens is 2. The summed E-state index contributed by atoms with van der Waals surface area (Å²) >= 11 is 9.31. The molecule has 194 valence electrons. The molecular formula is C23H30ClN6O4S2+. The van der Waals surface area contributed by atoms with Crippen LogP contribution in [0.3, 0.4) is 0 Å². The minimum absolute atomic E-state index is 0.393. The fourth-order valence-electron chi connectivity index (χ4n) is 5.09. The number of aliphatic hydroxyl groups excluding tert-OH is 2. The van der Waals surface area contributed by atoms with Crippen LogP contribution >= 0.6 is 34.7 Å². The van der Waals surface area contributed by atoms with Gasteiger partial charge in [0.2, 0.25) is 5.82 Å². The number of thioether (sulfide) groups is 1. The van der Waals surface area contributed by atoms with E-state index >= 15 is 0 Å². The van der Waals surface area contributed by atoms with Gasteiger partial charge in [0.15, 0.2) is 22.4 Å². The van der Waals surface area contributed by atoms with E-state index in [1.54, 1.807) is 28.6 Å². The minimum Gasteiger partial charge on any atom is -0.388 e. The fraction of sp³-hybridized carbons (Fsp3) is 0.565. The summed E-state index contributed by atoms with van der Waals surface area (Å²) < 4.78 is 12.8. The lowest BCUT2D eigenvalue weighted by molar-refractivity contribution is -0.637. The zero-order valence-corrected chi connectivity index (χ0v) is 22.5. The molecule has 1 saturated heterocycles. The highest BCUT2D eigenvalue weighted by atomic mass is 35.5. The molecule has 2 aromatic heterocycles. The maximum absolute atomic E-state index is 10.9. The normalized spacial score (nSPS) is 33.1. The molecule has 6 rings (SSSR count). The first-order valence-corrected chi connectivity index (χ1v) is 14.3. The van der Waals surface area contributed by atoms with Gasteiger partial charge in [-0.25, -0.2) is 10.4 Å². The first kappa shape index (κ1) is 24.7. The number of hydrogen-bond acceptors (Lipinski definition) is 11. The lowest BCUT2D eigenvalue weighted by atomic mass is 10.1. The van der Waals surface area contributed by atoms with Crippen LogP contribution in [0.25, 0.3) is 0 Å². The SMILES string of the molecule is CCCSc1nc(NC=C2C[C@H]2c2ccc(Cl)s2)c2c(n1)N([C@H]1[C@@H]3OC(C)(C)O[C@@H]3C(O)[C@H]1O)[NH2+]N2. The van der Waals surface area contributed by atoms with Crippen molar-refractivity contribution in [2.75, 3.05) is 21.5 Å². The lowest BCUT2D eigenvalue weighted by Gasteiger charge is -2.29. The van der Waals surface area contributed by atoms with E-state index in [9.17, 15) is 10.2 Å². The summed E-state index contributed by atoms with van der Waals surface area (Å²) in [4.78, 5) is 10.9. The maximum atomic E-state index is 10.9. The van der Waals surface area contributed by atoms with Gasteiger partial charge in [0.05, 0.1) is 4.34 Å². The summed E-state index contributed by atoms with van der Waals surface area (Å²) in [5.74, 6) is 1.73. The molecule has 4 heterocycles. The van der Waals surface area contributed by atoms with E-state index < -0.39 is 36.2 Å². The van der Waals surface area contributed by atoms with Crippen molar-refractivity contribution in [1.82, 2.24) is 9.97 Å². The van der Waals surface area contributed by atoms with Gasteiger partial charge in [-0.2, -0.15) is 9.99 Å². The molecule has 0 amide bonds. The van der Waals surface area contributed by atoms with Crippen molar-refractivity contribution in [3.8, 4) is 0 Å². The topological polar surface area (TPSA) is 129 Å². The first-order valence-electron chi connectivity index (χ1n) is 12.1. The number of rotatable bonds is 7. The first-order chi connectivity index (χ1) is 17.3. The molecule has 0 spiro atoms. The number of nitrogens with two attached hydrogens (primary N) is 1. The van der Waals surface area contributed by atoms with Crippen molar-refractivity contribution in [2.24, 2.45) is 0 Å². The number of hydrogen-bond donors (Lipinski definition) is 5. The molecule has 2 aromatic rings. The number of ether oxygens (including phenoxy) is 2.